The van der Waals surface area contributed by atoms with Crippen LogP contribution in [0.2, 0.25) is 0 Å². The molecule has 1 aromatic carbocycles. The number of hydrogen-bond donors (Lipinski definition) is 2. The predicted octanol–water partition coefficient (Wildman–Crippen LogP) is 2.04. The van der Waals surface area contributed by atoms with E-state index in [1.54, 1.807) is 0 Å². The van der Waals surface area contributed by atoms with Crippen LogP contribution in [0.25, 0.3) is 0 Å². The maximum absolute atomic E-state index is 13.4. The standard InChI is InChI=1S/C14H18F2N2O.ClH/c15-12-2-1-3-13(16)11(12)6-9-18-14(19)10-4-7-17-8-5-10;/h1-3,10,17H,4-9H2,(H,18,19);1H. The lowest BCUT2D eigenvalue weighted by Gasteiger charge is -2.21. The van der Waals surface area contributed by atoms with E-state index in [4.69, 9.17) is 0 Å². The van der Waals surface area contributed by atoms with E-state index in [9.17, 15) is 13.6 Å². The second kappa shape index (κ2) is 8.17. The summed E-state index contributed by atoms with van der Waals surface area (Å²) in [6.07, 6.45) is 1.81. The number of amides is 1. The van der Waals surface area contributed by atoms with Crippen LogP contribution in [0.15, 0.2) is 18.2 Å². The minimum Gasteiger partial charge on any atom is -0.356 e. The van der Waals surface area contributed by atoms with Crippen LogP contribution in [0.1, 0.15) is 18.4 Å². The molecule has 112 valence electrons. The van der Waals surface area contributed by atoms with Gasteiger partial charge >= 0.3 is 0 Å². The summed E-state index contributed by atoms with van der Waals surface area (Å²) in [5.41, 5.74) is 0.0353. The second-order valence-electron chi connectivity index (χ2n) is 4.77. The Labute approximate surface area is 123 Å². The number of nitrogens with one attached hydrogen (secondary N) is 2. The predicted molar refractivity (Wildman–Crippen MR) is 75.9 cm³/mol. The molecular formula is C14H19ClF2N2O. The number of carbonyl (C=O) groups is 1. The lowest BCUT2D eigenvalue weighted by Crippen LogP contribution is -2.38. The highest BCUT2D eigenvalue weighted by Crippen LogP contribution is 2.13. The van der Waals surface area contributed by atoms with E-state index in [1.165, 1.54) is 18.2 Å². The minimum absolute atomic E-state index is 0. The van der Waals surface area contributed by atoms with Gasteiger partial charge in [0.25, 0.3) is 0 Å². The van der Waals surface area contributed by atoms with Gasteiger partial charge < -0.3 is 10.6 Å². The smallest absolute Gasteiger partial charge is 0.223 e. The van der Waals surface area contributed by atoms with Gasteiger partial charge in [0, 0.05) is 18.0 Å². The van der Waals surface area contributed by atoms with Crippen molar-refractivity contribution >= 4 is 18.3 Å². The third-order valence-electron chi connectivity index (χ3n) is 3.45. The fourth-order valence-electron chi connectivity index (χ4n) is 2.31. The zero-order chi connectivity index (χ0) is 13.7. The molecule has 0 unspecified atom stereocenters. The number of halogens is 3. The summed E-state index contributed by atoms with van der Waals surface area (Å²) >= 11 is 0. The Morgan fingerprint density at radius 3 is 2.45 bits per heavy atom. The van der Waals surface area contributed by atoms with Crippen molar-refractivity contribution in [1.82, 2.24) is 10.6 Å². The molecule has 2 rings (SSSR count). The number of benzene rings is 1. The molecule has 1 heterocycles. The molecule has 0 aliphatic carbocycles. The molecular weight excluding hydrogens is 286 g/mol. The normalized spacial score (nSPS) is 15.5. The quantitative estimate of drug-likeness (QED) is 0.894. The molecule has 1 aliphatic rings. The monoisotopic (exact) mass is 304 g/mol. The van der Waals surface area contributed by atoms with Gasteiger partial charge in [-0.05, 0) is 44.5 Å². The van der Waals surface area contributed by atoms with Crippen molar-refractivity contribution in [3.8, 4) is 0 Å². The van der Waals surface area contributed by atoms with Crippen LogP contribution in [0.3, 0.4) is 0 Å². The van der Waals surface area contributed by atoms with E-state index in [0.717, 1.165) is 25.9 Å². The first-order valence-corrected chi connectivity index (χ1v) is 6.60. The highest BCUT2D eigenvalue weighted by atomic mass is 35.5. The molecule has 1 aliphatic heterocycles. The molecule has 1 saturated heterocycles. The molecule has 0 radical (unpaired) electrons. The van der Waals surface area contributed by atoms with Crippen molar-refractivity contribution < 1.29 is 13.6 Å². The lowest BCUT2D eigenvalue weighted by molar-refractivity contribution is -0.125. The van der Waals surface area contributed by atoms with Crippen LogP contribution in [0, 0.1) is 17.6 Å². The van der Waals surface area contributed by atoms with Crippen molar-refractivity contribution in [2.45, 2.75) is 19.3 Å². The molecule has 6 heteroatoms. The molecule has 1 amide bonds. The van der Waals surface area contributed by atoms with Crippen LogP contribution >= 0.6 is 12.4 Å². The van der Waals surface area contributed by atoms with Gasteiger partial charge in [0.2, 0.25) is 5.91 Å². The van der Waals surface area contributed by atoms with Gasteiger partial charge in [-0.2, -0.15) is 0 Å². The highest BCUT2D eigenvalue weighted by molar-refractivity contribution is 5.85. The third kappa shape index (κ3) is 4.42. The Bertz CT molecular complexity index is 431. The zero-order valence-corrected chi connectivity index (χ0v) is 11.9. The van der Waals surface area contributed by atoms with Crippen LogP contribution in [0.4, 0.5) is 8.78 Å². The Hall–Kier alpha value is -1.20. The largest absolute Gasteiger partial charge is 0.356 e. The minimum atomic E-state index is -0.559. The Morgan fingerprint density at radius 2 is 1.85 bits per heavy atom. The molecule has 3 nitrogen and oxygen atoms in total. The number of carbonyl (C=O) groups excluding carboxylic acids is 1. The van der Waals surface area contributed by atoms with Gasteiger partial charge in [0.1, 0.15) is 11.6 Å². The average Bonchev–Trinajstić information content (AvgIpc) is 2.43. The first kappa shape index (κ1) is 16.9. The fourth-order valence-corrected chi connectivity index (χ4v) is 2.31. The van der Waals surface area contributed by atoms with E-state index in [0.29, 0.717) is 0 Å². The molecule has 0 aromatic heterocycles. The van der Waals surface area contributed by atoms with Crippen molar-refractivity contribution in [1.29, 1.82) is 0 Å². The van der Waals surface area contributed by atoms with Crippen LogP contribution < -0.4 is 10.6 Å². The topological polar surface area (TPSA) is 41.1 Å². The number of piperidine rings is 1. The molecule has 0 atom stereocenters. The van der Waals surface area contributed by atoms with Gasteiger partial charge in [-0.3, -0.25) is 4.79 Å². The summed E-state index contributed by atoms with van der Waals surface area (Å²) in [6.45, 7) is 1.96. The maximum atomic E-state index is 13.4. The zero-order valence-electron chi connectivity index (χ0n) is 11.1. The third-order valence-corrected chi connectivity index (χ3v) is 3.45. The van der Waals surface area contributed by atoms with Crippen molar-refractivity contribution in [2.75, 3.05) is 19.6 Å². The lowest BCUT2D eigenvalue weighted by atomic mass is 9.97. The van der Waals surface area contributed by atoms with Crippen molar-refractivity contribution in [3.05, 3.63) is 35.4 Å². The molecule has 0 saturated carbocycles. The van der Waals surface area contributed by atoms with E-state index in [-0.39, 0.29) is 42.8 Å². The van der Waals surface area contributed by atoms with Gasteiger partial charge in [-0.1, -0.05) is 6.07 Å². The summed E-state index contributed by atoms with van der Waals surface area (Å²) in [6, 6.07) is 3.79. The summed E-state index contributed by atoms with van der Waals surface area (Å²) < 4.78 is 26.7. The van der Waals surface area contributed by atoms with Crippen LogP contribution in [-0.4, -0.2) is 25.5 Å². The summed E-state index contributed by atoms with van der Waals surface area (Å²) in [4.78, 5) is 11.8. The summed E-state index contributed by atoms with van der Waals surface area (Å²) in [5, 5.41) is 5.94. The van der Waals surface area contributed by atoms with E-state index in [2.05, 4.69) is 10.6 Å². The van der Waals surface area contributed by atoms with Crippen LogP contribution in [-0.2, 0) is 11.2 Å². The Balaban J connectivity index is 0.00000200. The molecule has 1 aromatic rings. The average molecular weight is 305 g/mol. The summed E-state index contributed by atoms with van der Waals surface area (Å²) in [5.74, 6) is -1.11. The van der Waals surface area contributed by atoms with Gasteiger partial charge in [-0.15, -0.1) is 12.4 Å². The first-order chi connectivity index (χ1) is 9.18. The van der Waals surface area contributed by atoms with Gasteiger partial charge in [0.15, 0.2) is 0 Å². The van der Waals surface area contributed by atoms with Crippen molar-refractivity contribution in [3.63, 3.8) is 0 Å². The van der Waals surface area contributed by atoms with E-state index < -0.39 is 11.6 Å². The molecule has 0 spiro atoms. The van der Waals surface area contributed by atoms with Gasteiger partial charge in [-0.25, -0.2) is 8.78 Å². The SMILES string of the molecule is Cl.O=C(NCCc1c(F)cccc1F)C1CCNCC1. The fraction of sp³-hybridized carbons (Fsp3) is 0.500. The first-order valence-electron chi connectivity index (χ1n) is 6.60. The molecule has 1 fully saturated rings. The van der Waals surface area contributed by atoms with Gasteiger partial charge in [0.05, 0.1) is 0 Å². The number of hydrogen-bond acceptors (Lipinski definition) is 2. The Kier molecular flexibility index (Phi) is 6.88. The van der Waals surface area contributed by atoms with E-state index in [1.807, 2.05) is 0 Å². The summed E-state index contributed by atoms with van der Waals surface area (Å²) in [7, 11) is 0. The number of rotatable bonds is 4. The molecule has 20 heavy (non-hydrogen) atoms. The molecule has 2 N–H and O–H groups in total. The molecule has 0 bridgehead atoms. The maximum Gasteiger partial charge on any atom is 0.223 e. The second-order valence-corrected chi connectivity index (χ2v) is 4.77. The van der Waals surface area contributed by atoms with Crippen LogP contribution in [0.5, 0.6) is 0 Å². The highest BCUT2D eigenvalue weighted by Gasteiger charge is 2.20. The van der Waals surface area contributed by atoms with E-state index >= 15 is 0 Å². The van der Waals surface area contributed by atoms with Crippen molar-refractivity contribution in [2.24, 2.45) is 5.92 Å². The Morgan fingerprint density at radius 1 is 1.25 bits per heavy atom.